The van der Waals surface area contributed by atoms with Crippen LogP contribution in [0.5, 0.6) is 0 Å². The van der Waals surface area contributed by atoms with Gasteiger partial charge in [0.05, 0.1) is 30.9 Å². The maximum Gasteiger partial charge on any atom is 0.305 e. The first kappa shape index (κ1) is 17.5. The van der Waals surface area contributed by atoms with E-state index in [0.717, 1.165) is 7.05 Å². The van der Waals surface area contributed by atoms with Crippen LogP contribution in [-0.2, 0) is 21.4 Å². The highest BCUT2D eigenvalue weighted by molar-refractivity contribution is 7.89. The topological polar surface area (TPSA) is 92.5 Å². The van der Waals surface area contributed by atoms with Crippen molar-refractivity contribution >= 4 is 16.0 Å². The van der Waals surface area contributed by atoms with Crippen LogP contribution in [0.3, 0.4) is 0 Å². The summed E-state index contributed by atoms with van der Waals surface area (Å²) in [5.74, 6) is -1.04. The molecule has 0 amide bonds. The van der Waals surface area contributed by atoms with Gasteiger partial charge in [0.1, 0.15) is 4.90 Å². The Balaban J connectivity index is 3.15. The summed E-state index contributed by atoms with van der Waals surface area (Å²) in [7, 11) is -3.03. The van der Waals surface area contributed by atoms with E-state index in [9.17, 15) is 22.0 Å². The van der Waals surface area contributed by atoms with Crippen LogP contribution in [-0.4, -0.2) is 53.6 Å². The Labute approximate surface area is 121 Å². The van der Waals surface area contributed by atoms with Crippen molar-refractivity contribution in [3.63, 3.8) is 0 Å². The molecule has 1 aromatic heterocycles. The Morgan fingerprint density at radius 1 is 1.43 bits per heavy atom. The largest absolute Gasteiger partial charge is 0.481 e. The molecule has 0 unspecified atom stereocenters. The Hall–Kier alpha value is -1.55. The van der Waals surface area contributed by atoms with Crippen LogP contribution in [0.1, 0.15) is 17.8 Å². The summed E-state index contributed by atoms with van der Waals surface area (Å²) in [5.41, 5.74) is 0.383. The molecule has 0 bridgehead atoms. The van der Waals surface area contributed by atoms with Crippen molar-refractivity contribution in [2.24, 2.45) is 0 Å². The van der Waals surface area contributed by atoms with E-state index in [1.807, 2.05) is 0 Å². The summed E-state index contributed by atoms with van der Waals surface area (Å²) >= 11 is 0. The number of rotatable bonds is 7. The van der Waals surface area contributed by atoms with Crippen LogP contribution in [0, 0.1) is 13.8 Å². The third kappa shape index (κ3) is 3.97. The van der Waals surface area contributed by atoms with Gasteiger partial charge in [-0.1, -0.05) is 0 Å². The molecule has 1 rings (SSSR count). The Morgan fingerprint density at radius 2 is 2.00 bits per heavy atom. The van der Waals surface area contributed by atoms with Crippen molar-refractivity contribution in [3.8, 4) is 0 Å². The van der Waals surface area contributed by atoms with Crippen molar-refractivity contribution in [1.29, 1.82) is 0 Å². The Morgan fingerprint density at radius 3 is 2.48 bits per heavy atom. The van der Waals surface area contributed by atoms with Gasteiger partial charge in [0.2, 0.25) is 10.0 Å². The molecule has 0 aliphatic rings. The number of hydrogen-bond donors (Lipinski definition) is 1. The summed E-state index contributed by atoms with van der Waals surface area (Å²) in [6.45, 7) is 2.00. The monoisotopic (exact) mass is 325 g/mol. The van der Waals surface area contributed by atoms with E-state index in [-0.39, 0.29) is 29.2 Å². The molecular weight excluding hydrogens is 308 g/mol. The molecule has 0 radical (unpaired) electrons. The van der Waals surface area contributed by atoms with Gasteiger partial charge < -0.3 is 5.11 Å². The fourth-order valence-electron chi connectivity index (χ4n) is 1.92. The van der Waals surface area contributed by atoms with E-state index in [1.54, 1.807) is 0 Å². The fraction of sp³-hybridized carbons (Fsp3) is 0.636. The summed E-state index contributed by atoms with van der Waals surface area (Å²) in [6, 6.07) is 0. The average molecular weight is 325 g/mol. The number of halogens is 2. The number of alkyl halides is 2. The van der Waals surface area contributed by atoms with Crippen molar-refractivity contribution in [2.75, 3.05) is 13.6 Å². The lowest BCUT2D eigenvalue weighted by molar-refractivity contribution is -0.137. The third-order valence-electron chi connectivity index (χ3n) is 2.92. The van der Waals surface area contributed by atoms with Gasteiger partial charge in [-0.3, -0.25) is 9.48 Å². The zero-order valence-electron chi connectivity index (χ0n) is 11.9. The van der Waals surface area contributed by atoms with Crippen molar-refractivity contribution in [3.05, 3.63) is 11.4 Å². The second-order valence-electron chi connectivity index (χ2n) is 4.54. The minimum Gasteiger partial charge on any atom is -0.481 e. The minimum absolute atomic E-state index is 0.0100. The molecule has 0 atom stereocenters. The second kappa shape index (κ2) is 6.48. The van der Waals surface area contributed by atoms with Crippen LogP contribution in [0.15, 0.2) is 4.90 Å². The fourth-order valence-corrected chi connectivity index (χ4v) is 3.43. The van der Waals surface area contributed by atoms with E-state index >= 15 is 0 Å². The predicted molar refractivity (Wildman–Crippen MR) is 69.8 cm³/mol. The number of hydrogen-bond acceptors (Lipinski definition) is 4. The standard InChI is InChI=1S/C11H17F2N3O4S/c1-7-11(21(19,20)15(3)6-9(12)13)8(2)16(14-7)5-4-10(17)18/h9H,4-6H2,1-3H3,(H,17,18). The lowest BCUT2D eigenvalue weighted by Gasteiger charge is -2.16. The molecule has 0 aliphatic heterocycles. The lowest BCUT2D eigenvalue weighted by Crippen LogP contribution is -2.32. The van der Waals surface area contributed by atoms with Gasteiger partial charge in [-0.2, -0.15) is 9.40 Å². The first-order chi connectivity index (χ1) is 9.57. The maximum atomic E-state index is 12.4. The van der Waals surface area contributed by atoms with Gasteiger partial charge >= 0.3 is 5.97 Å². The molecule has 0 aromatic carbocycles. The number of carbonyl (C=O) groups is 1. The molecule has 0 spiro atoms. The SMILES string of the molecule is Cc1nn(CCC(=O)O)c(C)c1S(=O)(=O)N(C)CC(F)F. The van der Waals surface area contributed by atoms with Gasteiger partial charge in [-0.15, -0.1) is 0 Å². The highest BCUT2D eigenvalue weighted by Crippen LogP contribution is 2.23. The van der Waals surface area contributed by atoms with E-state index in [4.69, 9.17) is 5.11 Å². The predicted octanol–water partition coefficient (Wildman–Crippen LogP) is 0.860. The summed E-state index contributed by atoms with van der Waals surface area (Å²) < 4.78 is 51.1. The van der Waals surface area contributed by atoms with Crippen LogP contribution in [0.2, 0.25) is 0 Å². The summed E-state index contributed by atoms with van der Waals surface area (Å²) in [6.07, 6.45) is -3.00. The molecule has 1 N–H and O–H groups in total. The third-order valence-corrected chi connectivity index (χ3v) is 4.99. The highest BCUT2D eigenvalue weighted by Gasteiger charge is 2.30. The maximum absolute atomic E-state index is 12.4. The zero-order valence-corrected chi connectivity index (χ0v) is 12.7. The minimum atomic E-state index is -4.09. The van der Waals surface area contributed by atoms with Gasteiger partial charge in [0.25, 0.3) is 6.43 Å². The van der Waals surface area contributed by atoms with Gasteiger partial charge in [-0.25, -0.2) is 17.2 Å². The molecular formula is C11H17F2N3O4S. The van der Waals surface area contributed by atoms with Crippen LogP contribution in [0.25, 0.3) is 0 Å². The quantitative estimate of drug-likeness (QED) is 0.802. The van der Waals surface area contributed by atoms with E-state index in [1.165, 1.54) is 18.5 Å². The summed E-state index contributed by atoms with van der Waals surface area (Å²) in [4.78, 5) is 10.4. The molecule has 21 heavy (non-hydrogen) atoms. The summed E-state index contributed by atoms with van der Waals surface area (Å²) in [5, 5.41) is 12.6. The number of aromatic nitrogens is 2. The average Bonchev–Trinajstić information content (AvgIpc) is 2.61. The lowest BCUT2D eigenvalue weighted by atomic mass is 10.4. The number of aryl methyl sites for hydroxylation is 2. The number of carboxylic acids is 1. The van der Waals surface area contributed by atoms with E-state index in [0.29, 0.717) is 4.31 Å². The second-order valence-corrected chi connectivity index (χ2v) is 6.53. The molecule has 0 fully saturated rings. The van der Waals surface area contributed by atoms with E-state index < -0.39 is 29.0 Å². The molecule has 0 saturated heterocycles. The number of nitrogens with zero attached hydrogens (tertiary/aromatic N) is 3. The molecule has 1 heterocycles. The molecule has 120 valence electrons. The molecule has 0 saturated carbocycles. The molecule has 10 heteroatoms. The van der Waals surface area contributed by atoms with Crippen molar-refractivity contribution in [2.45, 2.75) is 38.1 Å². The Kier molecular flexibility index (Phi) is 5.40. The number of aliphatic carboxylic acids is 1. The van der Waals surface area contributed by atoms with Crippen molar-refractivity contribution < 1.29 is 27.1 Å². The van der Waals surface area contributed by atoms with Gasteiger partial charge in [0, 0.05) is 7.05 Å². The number of carboxylic acid groups (broad SMARTS) is 1. The highest BCUT2D eigenvalue weighted by atomic mass is 32.2. The van der Waals surface area contributed by atoms with Gasteiger partial charge in [-0.05, 0) is 13.8 Å². The van der Waals surface area contributed by atoms with E-state index in [2.05, 4.69) is 5.10 Å². The molecule has 0 aliphatic carbocycles. The van der Waals surface area contributed by atoms with Gasteiger partial charge in [0.15, 0.2) is 0 Å². The smallest absolute Gasteiger partial charge is 0.305 e. The van der Waals surface area contributed by atoms with Crippen LogP contribution < -0.4 is 0 Å². The van der Waals surface area contributed by atoms with Crippen molar-refractivity contribution in [1.82, 2.24) is 14.1 Å². The first-order valence-corrected chi connectivity index (χ1v) is 7.51. The normalized spacial score (nSPS) is 12.3. The van der Waals surface area contributed by atoms with Crippen LogP contribution >= 0.6 is 0 Å². The van der Waals surface area contributed by atoms with Crippen LogP contribution in [0.4, 0.5) is 8.78 Å². The number of sulfonamides is 1. The molecule has 7 nitrogen and oxygen atoms in total. The first-order valence-electron chi connectivity index (χ1n) is 6.07. The molecule has 1 aromatic rings. The Bertz CT molecular complexity index is 628. The zero-order chi connectivity index (χ0) is 16.4.